The predicted octanol–water partition coefficient (Wildman–Crippen LogP) is 7.47. The molecule has 1 aliphatic heterocycles. The lowest BCUT2D eigenvalue weighted by Gasteiger charge is -2.11. The molecule has 6 nitrogen and oxygen atoms in total. The molecule has 0 N–H and O–H groups in total. The Morgan fingerprint density at radius 1 is 0.775 bits per heavy atom. The minimum atomic E-state index is -0.149. The fraction of sp³-hybridized carbons (Fsp3) is 0.0882. The Kier molecular flexibility index (Phi) is 5.67. The molecule has 1 amide bonds. The van der Waals surface area contributed by atoms with Crippen LogP contribution in [0.25, 0.3) is 44.8 Å². The predicted molar refractivity (Wildman–Crippen MR) is 163 cm³/mol. The third-order valence-electron chi connectivity index (χ3n) is 7.49. The first-order valence-corrected chi connectivity index (χ1v) is 13.5. The Bertz CT molecular complexity index is 1960. The van der Waals surface area contributed by atoms with Gasteiger partial charge in [-0.2, -0.15) is 15.2 Å². The molecular formula is C34H27N5O. The zero-order valence-electron chi connectivity index (χ0n) is 22.3. The van der Waals surface area contributed by atoms with Gasteiger partial charge in [0.15, 0.2) is 0 Å². The van der Waals surface area contributed by atoms with Gasteiger partial charge in [-0.1, -0.05) is 60.7 Å². The van der Waals surface area contributed by atoms with E-state index >= 15 is 0 Å². The van der Waals surface area contributed by atoms with E-state index in [1.54, 1.807) is 0 Å². The lowest BCUT2D eigenvalue weighted by atomic mass is 10.0. The zero-order valence-corrected chi connectivity index (χ0v) is 22.3. The number of carbonyl (C=O) groups excluding carboxylic acids is 1. The summed E-state index contributed by atoms with van der Waals surface area (Å²) in [5, 5.41) is 13.5. The molecule has 7 rings (SSSR count). The summed E-state index contributed by atoms with van der Waals surface area (Å²) >= 11 is 0. The van der Waals surface area contributed by atoms with Gasteiger partial charge in [0.2, 0.25) is 0 Å². The molecule has 0 atom stereocenters. The minimum Gasteiger partial charge on any atom is -0.341 e. The molecule has 4 aromatic carbocycles. The van der Waals surface area contributed by atoms with Crippen molar-refractivity contribution in [3.05, 3.63) is 120 Å². The summed E-state index contributed by atoms with van der Waals surface area (Å²) in [6.07, 6.45) is 3.91. The molecule has 0 bridgehead atoms. The van der Waals surface area contributed by atoms with Crippen LogP contribution in [-0.4, -0.2) is 26.0 Å². The number of fused-ring (bicyclic) bond motifs is 3. The number of carbonyl (C=O) groups is 1. The molecule has 40 heavy (non-hydrogen) atoms. The van der Waals surface area contributed by atoms with Gasteiger partial charge < -0.3 is 4.57 Å². The van der Waals surface area contributed by atoms with Crippen LogP contribution in [0.3, 0.4) is 0 Å². The Labute approximate surface area is 232 Å². The first-order chi connectivity index (χ1) is 19.6. The quantitative estimate of drug-likeness (QED) is 0.221. The highest BCUT2D eigenvalue weighted by Gasteiger charge is 2.29. The van der Waals surface area contributed by atoms with Gasteiger partial charge in [-0.05, 0) is 62.4 Å². The van der Waals surface area contributed by atoms with E-state index in [4.69, 9.17) is 5.10 Å². The second kappa shape index (κ2) is 9.50. The second-order valence-electron chi connectivity index (χ2n) is 9.90. The molecule has 1 aliphatic rings. The Morgan fingerprint density at radius 3 is 2.20 bits per heavy atom. The van der Waals surface area contributed by atoms with E-state index in [1.165, 1.54) is 26.8 Å². The number of aryl methyl sites for hydroxylation is 1. The fourth-order valence-corrected chi connectivity index (χ4v) is 5.56. The van der Waals surface area contributed by atoms with Crippen molar-refractivity contribution < 1.29 is 4.79 Å². The number of hydrogen-bond acceptors (Lipinski definition) is 3. The van der Waals surface area contributed by atoms with Crippen molar-refractivity contribution in [2.24, 2.45) is 5.10 Å². The maximum absolute atomic E-state index is 13.5. The van der Waals surface area contributed by atoms with Crippen LogP contribution in [0.15, 0.2) is 120 Å². The molecule has 0 radical (unpaired) electrons. The Hall–Kier alpha value is -5.23. The normalized spacial score (nSPS) is 14.6. The van der Waals surface area contributed by atoms with Gasteiger partial charge in [-0.3, -0.25) is 4.79 Å². The van der Waals surface area contributed by atoms with Crippen molar-refractivity contribution in [1.82, 2.24) is 14.3 Å². The number of benzene rings is 4. The van der Waals surface area contributed by atoms with Crippen LogP contribution in [0.1, 0.15) is 19.4 Å². The van der Waals surface area contributed by atoms with E-state index in [2.05, 4.69) is 59.1 Å². The second-order valence-corrected chi connectivity index (χ2v) is 9.90. The third-order valence-corrected chi connectivity index (χ3v) is 7.49. The molecule has 2 aromatic heterocycles. The van der Waals surface area contributed by atoms with Crippen molar-refractivity contribution in [3.63, 3.8) is 0 Å². The van der Waals surface area contributed by atoms with E-state index in [9.17, 15) is 4.79 Å². The Morgan fingerprint density at radius 2 is 1.45 bits per heavy atom. The minimum absolute atomic E-state index is 0.149. The number of para-hydroxylation sites is 3. The van der Waals surface area contributed by atoms with Gasteiger partial charge in [0.05, 0.1) is 28.4 Å². The van der Waals surface area contributed by atoms with Gasteiger partial charge in [-0.15, -0.1) is 0 Å². The van der Waals surface area contributed by atoms with Crippen molar-refractivity contribution in [2.45, 2.75) is 20.4 Å². The molecule has 0 fully saturated rings. The van der Waals surface area contributed by atoms with Crippen LogP contribution in [0, 0.1) is 0 Å². The van der Waals surface area contributed by atoms with Gasteiger partial charge in [0.25, 0.3) is 5.91 Å². The van der Waals surface area contributed by atoms with E-state index in [0.717, 1.165) is 34.7 Å². The lowest BCUT2D eigenvalue weighted by Crippen LogP contribution is -2.21. The van der Waals surface area contributed by atoms with E-state index in [-0.39, 0.29) is 5.91 Å². The van der Waals surface area contributed by atoms with Gasteiger partial charge in [0, 0.05) is 45.7 Å². The van der Waals surface area contributed by atoms with Gasteiger partial charge >= 0.3 is 0 Å². The van der Waals surface area contributed by atoms with Crippen LogP contribution in [-0.2, 0) is 11.3 Å². The largest absolute Gasteiger partial charge is 0.341 e. The molecule has 194 valence electrons. The van der Waals surface area contributed by atoms with Crippen LogP contribution < -0.4 is 5.01 Å². The fourth-order valence-electron chi connectivity index (χ4n) is 5.56. The molecule has 6 aromatic rings. The zero-order chi connectivity index (χ0) is 27.2. The average Bonchev–Trinajstić information content (AvgIpc) is 3.66. The van der Waals surface area contributed by atoms with Gasteiger partial charge in [-0.25, -0.2) is 4.68 Å². The molecule has 0 spiro atoms. The maximum Gasteiger partial charge on any atom is 0.280 e. The van der Waals surface area contributed by atoms with Crippen LogP contribution in [0.4, 0.5) is 5.69 Å². The Balaban J connectivity index is 1.39. The number of hydrazone groups is 1. The molecule has 0 saturated carbocycles. The number of rotatable bonds is 5. The summed E-state index contributed by atoms with van der Waals surface area (Å²) in [4.78, 5) is 13.5. The van der Waals surface area contributed by atoms with E-state index < -0.39 is 0 Å². The highest BCUT2D eigenvalue weighted by molar-refractivity contribution is 6.32. The molecule has 6 heteroatoms. The summed E-state index contributed by atoms with van der Waals surface area (Å²) in [7, 11) is 0. The monoisotopic (exact) mass is 521 g/mol. The summed E-state index contributed by atoms with van der Waals surface area (Å²) < 4.78 is 4.22. The highest BCUT2D eigenvalue weighted by atomic mass is 16.2. The SMILES string of the molecule is CCn1c2ccccc2c2cc(-c3nn(-c4ccccc4)cc3/C=C3\C(=O)N(c4ccccc4)N=C3C)ccc21. The van der Waals surface area contributed by atoms with Crippen LogP contribution in [0.2, 0.25) is 0 Å². The molecule has 0 aliphatic carbocycles. The molecule has 0 unspecified atom stereocenters. The summed E-state index contributed by atoms with van der Waals surface area (Å²) in [6.45, 7) is 4.94. The topological polar surface area (TPSA) is 55.4 Å². The van der Waals surface area contributed by atoms with Gasteiger partial charge in [0.1, 0.15) is 0 Å². The van der Waals surface area contributed by atoms with Crippen molar-refractivity contribution in [2.75, 3.05) is 5.01 Å². The number of anilines is 1. The van der Waals surface area contributed by atoms with Crippen molar-refractivity contribution >= 4 is 45.2 Å². The first kappa shape index (κ1) is 23.9. The first-order valence-electron chi connectivity index (χ1n) is 13.5. The molecule has 0 saturated heterocycles. The summed E-state index contributed by atoms with van der Waals surface area (Å²) in [5.41, 5.74) is 8.00. The van der Waals surface area contributed by atoms with Crippen molar-refractivity contribution in [3.8, 4) is 16.9 Å². The van der Waals surface area contributed by atoms with E-state index in [0.29, 0.717) is 11.3 Å². The number of amides is 1. The number of nitrogens with zero attached hydrogens (tertiary/aromatic N) is 5. The third kappa shape index (κ3) is 3.84. The number of hydrogen-bond donors (Lipinski definition) is 0. The summed E-state index contributed by atoms with van der Waals surface area (Å²) in [6, 6.07) is 34.6. The highest BCUT2D eigenvalue weighted by Crippen LogP contribution is 2.35. The standard InChI is InChI=1S/C34H27N5O/c1-3-37-31-17-11-10-16-28(31)30-20-24(18-19-32(30)37)33-25(22-38(36-33)26-12-6-4-7-13-26)21-29-23(2)35-39(34(29)40)27-14-8-5-9-15-27/h4-22H,3H2,1-2H3/b29-21-. The van der Waals surface area contributed by atoms with Crippen LogP contribution >= 0.6 is 0 Å². The number of aromatic nitrogens is 3. The molecular weight excluding hydrogens is 494 g/mol. The lowest BCUT2D eigenvalue weighted by molar-refractivity contribution is -0.114. The smallest absolute Gasteiger partial charge is 0.280 e. The molecule has 3 heterocycles. The van der Waals surface area contributed by atoms with E-state index in [1.807, 2.05) is 84.5 Å². The van der Waals surface area contributed by atoms with Crippen LogP contribution in [0.5, 0.6) is 0 Å². The maximum atomic E-state index is 13.5. The van der Waals surface area contributed by atoms with Crippen molar-refractivity contribution in [1.29, 1.82) is 0 Å². The average molecular weight is 522 g/mol. The summed E-state index contributed by atoms with van der Waals surface area (Å²) in [5.74, 6) is -0.149.